The highest BCUT2D eigenvalue weighted by Gasteiger charge is 2.23. The maximum absolute atomic E-state index is 12.0. The third-order valence-electron chi connectivity index (χ3n) is 3.75. The molecule has 0 heterocycles. The summed E-state index contributed by atoms with van der Waals surface area (Å²) in [5, 5.41) is 2.79. The fraction of sp³-hybridized carbons (Fsp3) is 0.875. The van der Waals surface area contributed by atoms with Crippen LogP contribution in [0.4, 0.5) is 0 Å². The zero-order valence-electron chi connectivity index (χ0n) is 14.1. The molecule has 0 saturated heterocycles. The van der Waals surface area contributed by atoms with Gasteiger partial charge in [0.25, 0.3) is 0 Å². The van der Waals surface area contributed by atoms with Gasteiger partial charge in [0.05, 0.1) is 7.11 Å². The monoisotopic (exact) mass is 300 g/mol. The van der Waals surface area contributed by atoms with Crippen LogP contribution in [-0.4, -0.2) is 31.6 Å². The topological polar surface area (TPSA) is 81.4 Å². The number of carbonyl (C=O) groups is 2. The van der Waals surface area contributed by atoms with Gasteiger partial charge in [0.1, 0.15) is 6.04 Å². The number of methoxy groups -OCH3 is 1. The summed E-state index contributed by atoms with van der Waals surface area (Å²) in [6.07, 6.45) is 2.75. The van der Waals surface area contributed by atoms with Gasteiger partial charge in [-0.25, -0.2) is 4.79 Å². The lowest BCUT2D eigenvalue weighted by Crippen LogP contribution is -2.42. The van der Waals surface area contributed by atoms with Gasteiger partial charge in [0.2, 0.25) is 5.91 Å². The molecule has 124 valence electrons. The number of hydrogen-bond donors (Lipinski definition) is 2. The van der Waals surface area contributed by atoms with Crippen LogP contribution in [0, 0.1) is 17.8 Å². The maximum atomic E-state index is 12.0. The lowest BCUT2D eigenvalue weighted by Gasteiger charge is -2.21. The summed E-state index contributed by atoms with van der Waals surface area (Å²) in [7, 11) is 1.35. The van der Waals surface area contributed by atoms with Crippen LogP contribution >= 0.6 is 0 Å². The molecule has 2 atom stereocenters. The third-order valence-corrected chi connectivity index (χ3v) is 3.75. The number of rotatable bonds is 10. The number of esters is 1. The lowest BCUT2D eigenvalue weighted by molar-refractivity contribution is -0.145. The minimum absolute atomic E-state index is 0.0891. The molecule has 21 heavy (non-hydrogen) atoms. The molecule has 0 aliphatic carbocycles. The Bertz CT molecular complexity index is 317. The standard InChI is InChI=1S/C16H32N2O3/c1-11(2)10-14(16(20)21-5)18-15(19)7-6-13(8-9-17)12(3)4/h11-14H,6-10,17H2,1-5H3,(H,18,19)/t13?,14-/m0/s1. The Morgan fingerprint density at radius 2 is 1.76 bits per heavy atom. The summed E-state index contributed by atoms with van der Waals surface area (Å²) < 4.78 is 4.75. The minimum Gasteiger partial charge on any atom is -0.467 e. The predicted octanol–water partition coefficient (Wildman–Crippen LogP) is 2.09. The van der Waals surface area contributed by atoms with E-state index >= 15 is 0 Å². The van der Waals surface area contributed by atoms with Crippen LogP contribution in [0.15, 0.2) is 0 Å². The second kappa shape index (κ2) is 10.6. The molecule has 0 aromatic carbocycles. The van der Waals surface area contributed by atoms with E-state index in [0.717, 1.165) is 12.8 Å². The Kier molecular flexibility index (Phi) is 10.0. The molecular formula is C16H32N2O3. The van der Waals surface area contributed by atoms with Crippen LogP contribution in [0.25, 0.3) is 0 Å². The molecule has 0 saturated carbocycles. The molecule has 5 nitrogen and oxygen atoms in total. The van der Waals surface area contributed by atoms with Gasteiger partial charge < -0.3 is 15.8 Å². The number of hydrogen-bond acceptors (Lipinski definition) is 4. The van der Waals surface area contributed by atoms with E-state index in [9.17, 15) is 9.59 Å². The molecule has 1 unspecified atom stereocenters. The molecule has 0 bridgehead atoms. The van der Waals surface area contributed by atoms with E-state index in [4.69, 9.17) is 10.5 Å². The van der Waals surface area contributed by atoms with Gasteiger partial charge >= 0.3 is 5.97 Å². The molecule has 0 aliphatic heterocycles. The first-order chi connectivity index (χ1) is 9.81. The number of ether oxygens (including phenoxy) is 1. The average molecular weight is 300 g/mol. The van der Waals surface area contributed by atoms with Crippen LogP contribution in [0.2, 0.25) is 0 Å². The van der Waals surface area contributed by atoms with Gasteiger partial charge in [-0.15, -0.1) is 0 Å². The molecule has 0 rings (SSSR count). The number of nitrogens with one attached hydrogen (secondary N) is 1. The van der Waals surface area contributed by atoms with Crippen molar-refractivity contribution < 1.29 is 14.3 Å². The van der Waals surface area contributed by atoms with E-state index in [2.05, 4.69) is 19.2 Å². The van der Waals surface area contributed by atoms with Crippen molar-refractivity contribution in [2.24, 2.45) is 23.5 Å². The zero-order valence-corrected chi connectivity index (χ0v) is 14.1. The largest absolute Gasteiger partial charge is 0.467 e. The van der Waals surface area contributed by atoms with E-state index in [0.29, 0.717) is 37.1 Å². The predicted molar refractivity (Wildman–Crippen MR) is 84.6 cm³/mol. The summed E-state index contributed by atoms with van der Waals surface area (Å²) in [6.45, 7) is 8.96. The molecule has 5 heteroatoms. The van der Waals surface area contributed by atoms with Crippen LogP contribution in [0.5, 0.6) is 0 Å². The van der Waals surface area contributed by atoms with Crippen LogP contribution < -0.4 is 11.1 Å². The Morgan fingerprint density at radius 3 is 2.19 bits per heavy atom. The zero-order chi connectivity index (χ0) is 16.4. The first-order valence-electron chi connectivity index (χ1n) is 7.89. The van der Waals surface area contributed by atoms with Gasteiger partial charge in [0.15, 0.2) is 0 Å². The van der Waals surface area contributed by atoms with Crippen molar-refractivity contribution in [1.29, 1.82) is 0 Å². The highest BCUT2D eigenvalue weighted by Crippen LogP contribution is 2.20. The van der Waals surface area contributed by atoms with Gasteiger partial charge in [-0.05, 0) is 43.6 Å². The van der Waals surface area contributed by atoms with Crippen molar-refractivity contribution >= 4 is 11.9 Å². The summed E-state index contributed by atoms with van der Waals surface area (Å²) in [5.41, 5.74) is 5.61. The molecular weight excluding hydrogens is 268 g/mol. The molecule has 0 spiro atoms. The number of carbonyl (C=O) groups excluding carboxylic acids is 2. The number of amides is 1. The maximum Gasteiger partial charge on any atom is 0.328 e. The van der Waals surface area contributed by atoms with Crippen LogP contribution in [0.3, 0.4) is 0 Å². The van der Waals surface area contributed by atoms with Crippen molar-refractivity contribution in [2.75, 3.05) is 13.7 Å². The van der Waals surface area contributed by atoms with Gasteiger partial charge in [-0.1, -0.05) is 27.7 Å². The molecule has 0 aromatic heterocycles. The van der Waals surface area contributed by atoms with E-state index in [1.807, 2.05) is 13.8 Å². The Balaban J connectivity index is 4.39. The second-order valence-corrected chi connectivity index (χ2v) is 6.39. The van der Waals surface area contributed by atoms with Crippen molar-refractivity contribution in [3.63, 3.8) is 0 Å². The first kappa shape index (κ1) is 19.9. The fourth-order valence-electron chi connectivity index (χ4n) is 2.44. The summed E-state index contributed by atoms with van der Waals surface area (Å²) in [5.74, 6) is 0.805. The van der Waals surface area contributed by atoms with Crippen molar-refractivity contribution in [3.8, 4) is 0 Å². The Morgan fingerprint density at radius 1 is 1.14 bits per heavy atom. The first-order valence-corrected chi connectivity index (χ1v) is 7.89. The highest BCUT2D eigenvalue weighted by molar-refractivity contribution is 5.84. The highest BCUT2D eigenvalue weighted by atomic mass is 16.5. The molecule has 0 aromatic rings. The Hall–Kier alpha value is -1.10. The molecule has 3 N–H and O–H groups in total. The quantitative estimate of drug-likeness (QED) is 0.605. The SMILES string of the molecule is COC(=O)[C@H](CC(C)C)NC(=O)CCC(CCN)C(C)C. The lowest BCUT2D eigenvalue weighted by atomic mass is 9.88. The van der Waals surface area contributed by atoms with E-state index in [1.54, 1.807) is 0 Å². The van der Waals surface area contributed by atoms with Crippen molar-refractivity contribution in [3.05, 3.63) is 0 Å². The fourth-order valence-corrected chi connectivity index (χ4v) is 2.44. The van der Waals surface area contributed by atoms with Crippen LogP contribution in [0.1, 0.15) is 53.4 Å². The molecule has 0 radical (unpaired) electrons. The van der Waals surface area contributed by atoms with Crippen molar-refractivity contribution in [1.82, 2.24) is 5.32 Å². The van der Waals surface area contributed by atoms with E-state index in [-0.39, 0.29) is 11.9 Å². The molecule has 0 fully saturated rings. The second-order valence-electron chi connectivity index (χ2n) is 6.39. The molecule has 0 aliphatic rings. The van der Waals surface area contributed by atoms with Gasteiger partial charge in [-0.2, -0.15) is 0 Å². The van der Waals surface area contributed by atoms with Crippen molar-refractivity contribution in [2.45, 2.75) is 59.4 Å². The van der Waals surface area contributed by atoms with Gasteiger partial charge in [0, 0.05) is 6.42 Å². The average Bonchev–Trinajstić information content (AvgIpc) is 2.40. The molecule has 1 amide bonds. The van der Waals surface area contributed by atoms with Crippen LogP contribution in [-0.2, 0) is 14.3 Å². The minimum atomic E-state index is -0.547. The summed E-state index contributed by atoms with van der Waals surface area (Å²) in [6, 6.07) is -0.547. The van der Waals surface area contributed by atoms with E-state index < -0.39 is 6.04 Å². The normalized spacial score (nSPS) is 14.1. The summed E-state index contributed by atoms with van der Waals surface area (Å²) in [4.78, 5) is 23.7. The smallest absolute Gasteiger partial charge is 0.328 e. The third kappa shape index (κ3) is 8.71. The number of nitrogens with two attached hydrogens (primary N) is 1. The van der Waals surface area contributed by atoms with E-state index in [1.165, 1.54) is 7.11 Å². The van der Waals surface area contributed by atoms with Gasteiger partial charge in [-0.3, -0.25) is 4.79 Å². The summed E-state index contributed by atoms with van der Waals surface area (Å²) >= 11 is 0. The Labute approximate surface area is 129 Å².